The Balaban J connectivity index is 2.65. The largest absolute Gasteiger partial charge is 0.468 e. The van der Waals surface area contributed by atoms with Crippen molar-refractivity contribution in [3.05, 3.63) is 42.5 Å². The normalized spacial score (nSPS) is 13.6. The SMILES string of the molecule is COC(=O)C(C#N)(/C=C/C(C)C)CCCNc1ccccc1. The van der Waals surface area contributed by atoms with Gasteiger partial charge in [0, 0.05) is 12.2 Å². The third-order valence-electron chi connectivity index (χ3n) is 3.37. The summed E-state index contributed by atoms with van der Waals surface area (Å²) in [5, 5.41) is 12.8. The van der Waals surface area contributed by atoms with Gasteiger partial charge in [-0.3, -0.25) is 0 Å². The zero-order valence-electron chi connectivity index (χ0n) is 13.5. The zero-order valence-corrected chi connectivity index (χ0v) is 13.5. The predicted molar refractivity (Wildman–Crippen MR) is 88.2 cm³/mol. The highest BCUT2D eigenvalue weighted by Crippen LogP contribution is 2.27. The summed E-state index contributed by atoms with van der Waals surface area (Å²) in [5.74, 6) is -0.216. The van der Waals surface area contributed by atoms with E-state index in [9.17, 15) is 10.1 Å². The van der Waals surface area contributed by atoms with E-state index in [0.717, 1.165) is 5.69 Å². The lowest BCUT2D eigenvalue weighted by atomic mass is 9.83. The molecule has 1 aromatic rings. The topological polar surface area (TPSA) is 62.1 Å². The van der Waals surface area contributed by atoms with E-state index < -0.39 is 11.4 Å². The molecule has 0 saturated carbocycles. The van der Waals surface area contributed by atoms with Gasteiger partial charge in [-0.2, -0.15) is 5.26 Å². The number of rotatable bonds is 8. The van der Waals surface area contributed by atoms with Gasteiger partial charge in [-0.1, -0.05) is 44.2 Å². The van der Waals surface area contributed by atoms with Crippen molar-refractivity contribution in [1.82, 2.24) is 0 Å². The van der Waals surface area contributed by atoms with Gasteiger partial charge < -0.3 is 10.1 Å². The van der Waals surface area contributed by atoms with Crippen molar-refractivity contribution < 1.29 is 9.53 Å². The summed E-state index contributed by atoms with van der Waals surface area (Å²) in [7, 11) is 1.32. The first kappa shape index (κ1) is 17.8. The number of nitrogens with zero attached hydrogens (tertiary/aromatic N) is 1. The molecule has 22 heavy (non-hydrogen) atoms. The molecule has 1 aromatic carbocycles. The minimum Gasteiger partial charge on any atom is -0.468 e. The highest BCUT2D eigenvalue weighted by Gasteiger charge is 2.36. The van der Waals surface area contributed by atoms with Crippen molar-refractivity contribution in [2.24, 2.45) is 11.3 Å². The number of anilines is 1. The van der Waals surface area contributed by atoms with Gasteiger partial charge in [0.05, 0.1) is 13.2 Å². The predicted octanol–water partition coefficient (Wildman–Crippen LogP) is 3.77. The van der Waals surface area contributed by atoms with Gasteiger partial charge >= 0.3 is 5.97 Å². The number of allylic oxidation sites excluding steroid dienone is 1. The number of carbonyl (C=O) groups excluding carboxylic acids is 1. The van der Waals surface area contributed by atoms with Gasteiger partial charge in [0.25, 0.3) is 0 Å². The Hall–Kier alpha value is -2.28. The maximum Gasteiger partial charge on any atom is 0.330 e. The Kier molecular flexibility index (Phi) is 7.18. The van der Waals surface area contributed by atoms with Gasteiger partial charge in [0.15, 0.2) is 5.41 Å². The first-order chi connectivity index (χ1) is 10.5. The van der Waals surface area contributed by atoms with Crippen molar-refractivity contribution in [1.29, 1.82) is 5.26 Å². The fourth-order valence-electron chi connectivity index (χ4n) is 2.09. The maximum atomic E-state index is 12.0. The molecule has 0 aliphatic rings. The number of esters is 1. The molecular formula is C18H24N2O2. The molecule has 0 aliphatic heterocycles. The third kappa shape index (κ3) is 5.25. The zero-order chi connectivity index (χ0) is 16.4. The summed E-state index contributed by atoms with van der Waals surface area (Å²) in [6.45, 7) is 4.71. The molecular weight excluding hydrogens is 276 g/mol. The molecule has 4 nitrogen and oxygen atoms in total. The number of methoxy groups -OCH3 is 1. The minimum absolute atomic E-state index is 0.278. The number of carbonyl (C=O) groups is 1. The van der Waals surface area contributed by atoms with E-state index in [1.165, 1.54) is 7.11 Å². The van der Waals surface area contributed by atoms with Crippen LogP contribution < -0.4 is 5.32 Å². The van der Waals surface area contributed by atoms with Crippen molar-refractivity contribution in [3.63, 3.8) is 0 Å². The number of hydrogen-bond acceptors (Lipinski definition) is 4. The van der Waals surface area contributed by atoms with E-state index in [-0.39, 0.29) is 5.92 Å². The molecule has 1 unspecified atom stereocenters. The van der Waals surface area contributed by atoms with Crippen molar-refractivity contribution in [3.8, 4) is 6.07 Å². The molecule has 0 saturated heterocycles. The van der Waals surface area contributed by atoms with E-state index in [4.69, 9.17) is 4.74 Å². The first-order valence-corrected chi connectivity index (χ1v) is 7.52. The molecule has 0 aliphatic carbocycles. The van der Waals surface area contributed by atoms with Gasteiger partial charge in [0.1, 0.15) is 0 Å². The number of ether oxygens (including phenoxy) is 1. The lowest BCUT2D eigenvalue weighted by Crippen LogP contribution is -2.29. The molecule has 0 bridgehead atoms. The number of nitrogens with one attached hydrogen (secondary N) is 1. The van der Waals surface area contributed by atoms with Crippen LogP contribution in [-0.2, 0) is 9.53 Å². The second-order valence-electron chi connectivity index (χ2n) is 5.57. The van der Waals surface area contributed by atoms with Crippen molar-refractivity contribution in [2.45, 2.75) is 26.7 Å². The van der Waals surface area contributed by atoms with Crippen molar-refractivity contribution >= 4 is 11.7 Å². The van der Waals surface area contributed by atoms with Gasteiger partial charge in [0.2, 0.25) is 0 Å². The lowest BCUT2D eigenvalue weighted by molar-refractivity contribution is -0.147. The van der Waals surface area contributed by atoms with Crippen LogP contribution in [0.15, 0.2) is 42.5 Å². The van der Waals surface area contributed by atoms with Crippen LogP contribution in [-0.4, -0.2) is 19.6 Å². The Bertz CT molecular complexity index is 532. The molecule has 118 valence electrons. The monoisotopic (exact) mass is 300 g/mol. The summed E-state index contributed by atoms with van der Waals surface area (Å²) < 4.78 is 4.82. The van der Waals surface area contributed by atoms with Crippen LogP contribution in [0.3, 0.4) is 0 Å². The quantitative estimate of drug-likeness (QED) is 0.451. The molecule has 0 aromatic heterocycles. The molecule has 0 radical (unpaired) electrons. The van der Waals surface area contributed by atoms with Crippen LogP contribution in [0.5, 0.6) is 0 Å². The Morgan fingerprint density at radius 2 is 2.09 bits per heavy atom. The minimum atomic E-state index is -1.20. The molecule has 0 spiro atoms. The highest BCUT2D eigenvalue weighted by atomic mass is 16.5. The first-order valence-electron chi connectivity index (χ1n) is 7.52. The Morgan fingerprint density at radius 1 is 1.41 bits per heavy atom. The van der Waals surface area contributed by atoms with E-state index >= 15 is 0 Å². The molecule has 4 heteroatoms. The van der Waals surface area contributed by atoms with Gasteiger partial charge in [-0.25, -0.2) is 4.79 Å². The Morgan fingerprint density at radius 3 is 2.64 bits per heavy atom. The number of benzene rings is 1. The van der Waals surface area contributed by atoms with Crippen LogP contribution in [0.2, 0.25) is 0 Å². The number of nitriles is 1. The number of para-hydroxylation sites is 1. The van der Waals surface area contributed by atoms with Crippen LogP contribution in [0, 0.1) is 22.7 Å². The third-order valence-corrected chi connectivity index (χ3v) is 3.37. The van der Waals surface area contributed by atoms with E-state index in [1.807, 2.05) is 50.3 Å². The van der Waals surface area contributed by atoms with Gasteiger partial charge in [-0.15, -0.1) is 0 Å². The van der Waals surface area contributed by atoms with E-state index in [2.05, 4.69) is 11.4 Å². The standard InChI is InChI=1S/C18H24N2O2/c1-15(2)10-12-18(14-19,17(21)22-3)11-7-13-20-16-8-5-4-6-9-16/h4-6,8-10,12,15,20H,7,11,13H2,1-3H3/b12-10+. The van der Waals surface area contributed by atoms with E-state index in [1.54, 1.807) is 6.08 Å². The summed E-state index contributed by atoms with van der Waals surface area (Å²) >= 11 is 0. The number of hydrogen-bond donors (Lipinski definition) is 1. The fourth-order valence-corrected chi connectivity index (χ4v) is 2.09. The molecule has 0 fully saturated rings. The van der Waals surface area contributed by atoms with Gasteiger partial charge in [-0.05, 0) is 30.9 Å². The van der Waals surface area contributed by atoms with Crippen LogP contribution >= 0.6 is 0 Å². The second-order valence-corrected chi connectivity index (χ2v) is 5.57. The smallest absolute Gasteiger partial charge is 0.330 e. The molecule has 1 N–H and O–H groups in total. The highest BCUT2D eigenvalue weighted by molar-refractivity contribution is 5.82. The average Bonchev–Trinajstić information content (AvgIpc) is 2.54. The lowest BCUT2D eigenvalue weighted by Gasteiger charge is -2.20. The molecule has 1 rings (SSSR count). The summed E-state index contributed by atoms with van der Waals surface area (Å²) in [6, 6.07) is 12.0. The summed E-state index contributed by atoms with van der Waals surface area (Å²) in [4.78, 5) is 12.0. The molecule has 1 atom stereocenters. The average molecular weight is 300 g/mol. The van der Waals surface area contributed by atoms with Crippen LogP contribution in [0.25, 0.3) is 0 Å². The van der Waals surface area contributed by atoms with E-state index in [0.29, 0.717) is 19.4 Å². The Labute approximate surface area is 132 Å². The summed E-state index contributed by atoms with van der Waals surface area (Å²) in [5.41, 5.74) is -0.168. The second kappa shape index (κ2) is 8.89. The molecule has 0 amide bonds. The fraction of sp³-hybridized carbons (Fsp3) is 0.444. The maximum absolute atomic E-state index is 12.0. The molecule has 0 heterocycles. The van der Waals surface area contributed by atoms with Crippen molar-refractivity contribution in [2.75, 3.05) is 19.0 Å². The summed E-state index contributed by atoms with van der Waals surface area (Å²) in [6.07, 6.45) is 4.69. The van der Waals surface area contributed by atoms with Crippen LogP contribution in [0.1, 0.15) is 26.7 Å². The van der Waals surface area contributed by atoms with Crippen LogP contribution in [0.4, 0.5) is 5.69 Å².